The second kappa shape index (κ2) is 3.35. The van der Waals surface area contributed by atoms with Crippen molar-refractivity contribution in [3.63, 3.8) is 0 Å². The average molecular weight is 252 g/mol. The quantitative estimate of drug-likeness (QED) is 0.834. The van der Waals surface area contributed by atoms with Gasteiger partial charge < -0.3 is 4.98 Å². The first-order chi connectivity index (χ1) is 9.24. The Morgan fingerprint density at radius 3 is 2.05 bits per heavy atom. The first kappa shape index (κ1) is 10.6. The SMILES string of the molecule is O=C1c2ccccc2C(=O)N1C1(c2ccc[nH]2)CC1. The molecular formula is C15H12N2O2. The van der Waals surface area contributed by atoms with Crippen LogP contribution in [0.25, 0.3) is 0 Å². The van der Waals surface area contributed by atoms with Gasteiger partial charge in [-0.15, -0.1) is 0 Å². The summed E-state index contributed by atoms with van der Waals surface area (Å²) < 4.78 is 0. The van der Waals surface area contributed by atoms with Crippen LogP contribution in [0.2, 0.25) is 0 Å². The molecule has 1 aromatic carbocycles. The van der Waals surface area contributed by atoms with Crippen molar-refractivity contribution in [2.45, 2.75) is 18.4 Å². The third kappa shape index (κ3) is 1.23. The van der Waals surface area contributed by atoms with E-state index in [0.717, 1.165) is 18.5 Å². The van der Waals surface area contributed by atoms with Crippen molar-refractivity contribution in [1.82, 2.24) is 9.88 Å². The molecule has 0 atom stereocenters. The Morgan fingerprint density at radius 1 is 0.947 bits per heavy atom. The molecule has 4 nitrogen and oxygen atoms in total. The summed E-state index contributed by atoms with van der Waals surface area (Å²) in [5, 5.41) is 0. The maximum atomic E-state index is 12.5. The van der Waals surface area contributed by atoms with Gasteiger partial charge in [-0.3, -0.25) is 14.5 Å². The summed E-state index contributed by atoms with van der Waals surface area (Å²) in [6.07, 6.45) is 3.49. The number of rotatable bonds is 2. The van der Waals surface area contributed by atoms with Gasteiger partial charge in [-0.25, -0.2) is 0 Å². The van der Waals surface area contributed by atoms with Crippen LogP contribution in [0.3, 0.4) is 0 Å². The lowest BCUT2D eigenvalue weighted by Gasteiger charge is -2.25. The lowest BCUT2D eigenvalue weighted by molar-refractivity contribution is 0.0552. The van der Waals surface area contributed by atoms with Gasteiger partial charge in [-0.1, -0.05) is 12.1 Å². The Kier molecular flexibility index (Phi) is 1.86. The zero-order chi connectivity index (χ0) is 13.0. The predicted octanol–water partition coefficient (Wildman–Crippen LogP) is 2.30. The van der Waals surface area contributed by atoms with E-state index in [-0.39, 0.29) is 11.8 Å². The van der Waals surface area contributed by atoms with Crippen LogP contribution in [-0.4, -0.2) is 21.7 Å². The van der Waals surface area contributed by atoms with Gasteiger partial charge in [0.2, 0.25) is 0 Å². The van der Waals surface area contributed by atoms with E-state index in [1.165, 1.54) is 4.90 Å². The fourth-order valence-electron chi connectivity index (χ4n) is 2.93. The molecule has 1 aliphatic carbocycles. The highest BCUT2D eigenvalue weighted by atomic mass is 16.2. The number of aromatic amines is 1. The van der Waals surface area contributed by atoms with Crippen molar-refractivity contribution in [3.8, 4) is 0 Å². The maximum absolute atomic E-state index is 12.5. The number of hydrogen-bond donors (Lipinski definition) is 1. The van der Waals surface area contributed by atoms with E-state index in [2.05, 4.69) is 4.98 Å². The third-order valence-electron chi connectivity index (χ3n) is 4.05. The van der Waals surface area contributed by atoms with Gasteiger partial charge in [0.15, 0.2) is 0 Å². The lowest BCUT2D eigenvalue weighted by Crippen LogP contribution is -2.40. The molecule has 4 heteroatoms. The molecule has 1 aromatic heterocycles. The van der Waals surface area contributed by atoms with Gasteiger partial charge >= 0.3 is 0 Å². The van der Waals surface area contributed by atoms with Crippen molar-refractivity contribution in [1.29, 1.82) is 0 Å². The van der Waals surface area contributed by atoms with E-state index in [4.69, 9.17) is 0 Å². The first-order valence-electron chi connectivity index (χ1n) is 6.36. The summed E-state index contributed by atoms with van der Waals surface area (Å²) in [7, 11) is 0. The van der Waals surface area contributed by atoms with Crippen LogP contribution in [0.4, 0.5) is 0 Å². The Hall–Kier alpha value is -2.36. The summed E-state index contributed by atoms with van der Waals surface area (Å²) in [5.41, 5.74) is 1.54. The van der Waals surface area contributed by atoms with Gasteiger partial charge in [0, 0.05) is 11.9 Å². The summed E-state index contributed by atoms with van der Waals surface area (Å²) in [5.74, 6) is -0.347. The second-order valence-electron chi connectivity index (χ2n) is 5.11. The van der Waals surface area contributed by atoms with E-state index in [9.17, 15) is 9.59 Å². The van der Waals surface area contributed by atoms with E-state index >= 15 is 0 Å². The Bertz CT molecular complexity index is 649. The van der Waals surface area contributed by atoms with Crippen molar-refractivity contribution in [2.24, 2.45) is 0 Å². The van der Waals surface area contributed by atoms with Gasteiger partial charge in [0.05, 0.1) is 16.7 Å². The van der Waals surface area contributed by atoms with Gasteiger partial charge in [-0.05, 0) is 37.1 Å². The van der Waals surface area contributed by atoms with E-state index < -0.39 is 5.54 Å². The van der Waals surface area contributed by atoms with Crippen molar-refractivity contribution < 1.29 is 9.59 Å². The fraction of sp³-hybridized carbons (Fsp3) is 0.200. The zero-order valence-corrected chi connectivity index (χ0v) is 10.2. The standard InChI is InChI=1S/C15H12N2O2/c18-13-10-4-1-2-5-11(10)14(19)17(13)15(7-8-15)12-6-3-9-16-12/h1-6,9,16H,7-8H2. The maximum Gasteiger partial charge on any atom is 0.262 e. The monoisotopic (exact) mass is 252 g/mol. The van der Waals surface area contributed by atoms with Gasteiger partial charge in [-0.2, -0.15) is 0 Å². The van der Waals surface area contributed by atoms with Crippen LogP contribution in [-0.2, 0) is 5.54 Å². The number of fused-ring (bicyclic) bond motifs is 1. The van der Waals surface area contributed by atoms with Gasteiger partial charge in [0.25, 0.3) is 11.8 Å². The van der Waals surface area contributed by atoms with E-state index in [1.807, 2.05) is 18.3 Å². The minimum atomic E-state index is -0.448. The molecular weight excluding hydrogens is 240 g/mol. The summed E-state index contributed by atoms with van der Waals surface area (Å²) in [6, 6.07) is 10.9. The normalized spacial score (nSPS) is 19.7. The second-order valence-corrected chi connectivity index (χ2v) is 5.11. The van der Waals surface area contributed by atoms with Crippen LogP contribution < -0.4 is 0 Å². The molecule has 2 amide bonds. The van der Waals surface area contributed by atoms with Crippen LogP contribution in [0, 0.1) is 0 Å². The highest BCUT2D eigenvalue weighted by Gasteiger charge is 2.57. The summed E-state index contributed by atoms with van der Waals surface area (Å²) in [6.45, 7) is 0. The van der Waals surface area contributed by atoms with Gasteiger partial charge in [0.1, 0.15) is 0 Å². The average Bonchev–Trinajstić information content (AvgIpc) is 2.94. The highest BCUT2D eigenvalue weighted by Crippen LogP contribution is 2.52. The molecule has 0 unspecified atom stereocenters. The Morgan fingerprint density at radius 2 is 1.58 bits per heavy atom. The number of benzene rings is 1. The molecule has 0 saturated heterocycles. The smallest absolute Gasteiger partial charge is 0.262 e. The Labute approximate surface area is 110 Å². The van der Waals surface area contributed by atoms with Crippen LogP contribution in [0.1, 0.15) is 39.3 Å². The van der Waals surface area contributed by atoms with Crippen molar-refractivity contribution >= 4 is 11.8 Å². The summed E-state index contributed by atoms with van der Waals surface area (Å²) >= 11 is 0. The minimum absolute atomic E-state index is 0.173. The number of amides is 2. The molecule has 0 spiro atoms. The number of hydrogen-bond acceptors (Lipinski definition) is 2. The largest absolute Gasteiger partial charge is 0.363 e. The number of nitrogens with zero attached hydrogens (tertiary/aromatic N) is 1. The molecule has 1 N–H and O–H groups in total. The molecule has 2 aromatic rings. The molecule has 1 fully saturated rings. The van der Waals surface area contributed by atoms with Crippen molar-refractivity contribution in [3.05, 3.63) is 59.4 Å². The van der Waals surface area contributed by atoms with E-state index in [0.29, 0.717) is 11.1 Å². The lowest BCUT2D eigenvalue weighted by atomic mass is 10.1. The molecule has 0 bridgehead atoms. The molecule has 1 aliphatic heterocycles. The van der Waals surface area contributed by atoms with Crippen LogP contribution >= 0.6 is 0 Å². The molecule has 4 rings (SSSR count). The first-order valence-corrected chi connectivity index (χ1v) is 6.36. The highest BCUT2D eigenvalue weighted by molar-refractivity contribution is 6.22. The molecule has 94 valence electrons. The fourth-order valence-corrected chi connectivity index (χ4v) is 2.93. The topological polar surface area (TPSA) is 53.2 Å². The molecule has 2 aliphatic rings. The molecule has 19 heavy (non-hydrogen) atoms. The molecule has 2 heterocycles. The number of imide groups is 1. The number of carbonyl (C=O) groups is 2. The summed E-state index contributed by atoms with van der Waals surface area (Å²) in [4.78, 5) is 29.5. The van der Waals surface area contributed by atoms with E-state index in [1.54, 1.807) is 24.3 Å². The van der Waals surface area contributed by atoms with Crippen LogP contribution in [0.5, 0.6) is 0 Å². The van der Waals surface area contributed by atoms with Crippen molar-refractivity contribution in [2.75, 3.05) is 0 Å². The number of aromatic nitrogens is 1. The number of H-pyrrole nitrogens is 1. The Balaban J connectivity index is 1.83. The minimum Gasteiger partial charge on any atom is -0.363 e. The third-order valence-corrected chi connectivity index (χ3v) is 4.05. The predicted molar refractivity (Wildman–Crippen MR) is 68.6 cm³/mol. The zero-order valence-electron chi connectivity index (χ0n) is 10.2. The molecule has 0 radical (unpaired) electrons. The molecule has 1 saturated carbocycles. The number of nitrogens with one attached hydrogen (secondary N) is 1. The van der Waals surface area contributed by atoms with Crippen LogP contribution in [0.15, 0.2) is 42.6 Å². The number of carbonyl (C=O) groups excluding carboxylic acids is 2.